The summed E-state index contributed by atoms with van der Waals surface area (Å²) in [5.74, 6) is 0. The molecule has 0 bridgehead atoms. The highest BCUT2D eigenvalue weighted by Gasteiger charge is 2.25. The number of thiophene rings is 1. The van der Waals surface area contributed by atoms with Crippen LogP contribution in [0.25, 0.3) is 75.5 Å². The SMILES string of the molecule is c1ccc(-c2cc(-c3ccccc3)cc(N(c3ccc4c(c3)sc3ccccc34)c3c(-c4ccccc4)ccc4c3oc3ccccc34)c2)cc1. The maximum absolute atomic E-state index is 6.90. The van der Waals surface area contributed by atoms with Gasteiger partial charge in [-0.15, -0.1) is 11.3 Å². The molecular weight excluding hydrogens is 639 g/mol. The van der Waals surface area contributed by atoms with E-state index in [0.29, 0.717) is 0 Å². The van der Waals surface area contributed by atoms with E-state index in [4.69, 9.17) is 4.42 Å². The molecule has 0 aliphatic rings. The molecule has 2 nitrogen and oxygen atoms in total. The molecule has 10 aromatic rings. The summed E-state index contributed by atoms with van der Waals surface area (Å²) in [6.07, 6.45) is 0. The van der Waals surface area contributed by atoms with Crippen LogP contribution in [0, 0.1) is 0 Å². The first-order valence-corrected chi connectivity index (χ1v) is 18.1. The van der Waals surface area contributed by atoms with Crippen molar-refractivity contribution in [1.82, 2.24) is 0 Å². The molecule has 0 radical (unpaired) electrons. The number of nitrogens with zero attached hydrogens (tertiary/aromatic N) is 1. The Bertz CT molecular complexity index is 2790. The number of fused-ring (bicyclic) bond motifs is 6. The van der Waals surface area contributed by atoms with Gasteiger partial charge >= 0.3 is 0 Å². The molecule has 51 heavy (non-hydrogen) atoms. The van der Waals surface area contributed by atoms with E-state index in [9.17, 15) is 0 Å². The quantitative estimate of drug-likeness (QED) is 0.175. The number of hydrogen-bond donors (Lipinski definition) is 0. The zero-order valence-electron chi connectivity index (χ0n) is 27.7. The molecule has 240 valence electrons. The van der Waals surface area contributed by atoms with Crippen LogP contribution in [0.1, 0.15) is 0 Å². The summed E-state index contributed by atoms with van der Waals surface area (Å²) in [5.41, 5.74) is 11.8. The zero-order valence-corrected chi connectivity index (χ0v) is 28.5. The Morgan fingerprint density at radius 3 is 1.65 bits per heavy atom. The molecule has 8 aromatic carbocycles. The van der Waals surface area contributed by atoms with Gasteiger partial charge in [-0.05, 0) is 76.3 Å². The van der Waals surface area contributed by atoms with Gasteiger partial charge in [-0.3, -0.25) is 0 Å². The summed E-state index contributed by atoms with van der Waals surface area (Å²) in [4.78, 5) is 2.43. The highest BCUT2D eigenvalue weighted by Crippen LogP contribution is 2.49. The molecule has 2 heterocycles. The summed E-state index contributed by atoms with van der Waals surface area (Å²) < 4.78 is 9.44. The van der Waals surface area contributed by atoms with Crippen molar-refractivity contribution in [3.8, 4) is 33.4 Å². The molecule has 0 saturated heterocycles. The Morgan fingerprint density at radius 1 is 0.373 bits per heavy atom. The summed E-state index contributed by atoms with van der Waals surface area (Å²) in [6, 6.07) is 67.5. The van der Waals surface area contributed by atoms with Crippen LogP contribution in [0.15, 0.2) is 192 Å². The molecule has 0 aliphatic heterocycles. The summed E-state index contributed by atoms with van der Waals surface area (Å²) in [6.45, 7) is 0. The summed E-state index contributed by atoms with van der Waals surface area (Å²) in [5, 5.41) is 4.76. The molecular formula is C48H31NOS. The Kier molecular flexibility index (Phi) is 7.04. The lowest BCUT2D eigenvalue weighted by Gasteiger charge is -2.29. The minimum atomic E-state index is 0.861. The van der Waals surface area contributed by atoms with Crippen molar-refractivity contribution in [3.63, 3.8) is 0 Å². The van der Waals surface area contributed by atoms with Gasteiger partial charge in [-0.2, -0.15) is 0 Å². The first-order chi connectivity index (χ1) is 25.3. The van der Waals surface area contributed by atoms with Gasteiger partial charge in [-0.25, -0.2) is 0 Å². The van der Waals surface area contributed by atoms with Gasteiger partial charge < -0.3 is 9.32 Å². The number of para-hydroxylation sites is 1. The Morgan fingerprint density at radius 2 is 0.941 bits per heavy atom. The number of anilines is 3. The average Bonchev–Trinajstić information content (AvgIpc) is 3.77. The third-order valence-electron chi connectivity index (χ3n) is 9.84. The smallest absolute Gasteiger partial charge is 0.160 e. The molecule has 0 N–H and O–H groups in total. The van der Waals surface area contributed by atoms with Crippen LogP contribution >= 0.6 is 11.3 Å². The van der Waals surface area contributed by atoms with E-state index in [1.807, 2.05) is 17.4 Å². The molecule has 3 heteroatoms. The van der Waals surface area contributed by atoms with Crippen LogP contribution in [0.2, 0.25) is 0 Å². The monoisotopic (exact) mass is 669 g/mol. The number of furan rings is 1. The number of rotatable bonds is 6. The maximum atomic E-state index is 6.90. The molecule has 0 spiro atoms. The fourth-order valence-corrected chi connectivity index (χ4v) is 8.58. The number of hydrogen-bond acceptors (Lipinski definition) is 3. The minimum absolute atomic E-state index is 0.861. The van der Waals surface area contributed by atoms with Crippen LogP contribution < -0.4 is 4.90 Å². The largest absolute Gasteiger partial charge is 0.454 e. The van der Waals surface area contributed by atoms with Crippen molar-refractivity contribution in [1.29, 1.82) is 0 Å². The first-order valence-electron chi connectivity index (χ1n) is 17.3. The second-order valence-electron chi connectivity index (χ2n) is 12.9. The second-order valence-corrected chi connectivity index (χ2v) is 14.0. The molecule has 0 saturated carbocycles. The van der Waals surface area contributed by atoms with Crippen molar-refractivity contribution in [2.75, 3.05) is 4.90 Å². The van der Waals surface area contributed by atoms with Gasteiger partial charge in [0.05, 0.1) is 5.69 Å². The van der Waals surface area contributed by atoms with Crippen LogP contribution in [0.3, 0.4) is 0 Å². The highest BCUT2D eigenvalue weighted by molar-refractivity contribution is 7.25. The Labute approximate surface area is 300 Å². The number of benzene rings is 8. The molecule has 2 aromatic heterocycles. The van der Waals surface area contributed by atoms with E-state index in [1.54, 1.807) is 0 Å². The third-order valence-corrected chi connectivity index (χ3v) is 11.0. The van der Waals surface area contributed by atoms with Gasteiger partial charge in [0.1, 0.15) is 5.58 Å². The average molecular weight is 670 g/mol. The summed E-state index contributed by atoms with van der Waals surface area (Å²) in [7, 11) is 0. The highest BCUT2D eigenvalue weighted by atomic mass is 32.1. The van der Waals surface area contributed by atoms with Crippen LogP contribution in [0.5, 0.6) is 0 Å². The summed E-state index contributed by atoms with van der Waals surface area (Å²) >= 11 is 1.84. The fraction of sp³-hybridized carbons (Fsp3) is 0. The zero-order chi connectivity index (χ0) is 33.7. The van der Waals surface area contributed by atoms with Gasteiger partial charge in [0.15, 0.2) is 5.58 Å². The van der Waals surface area contributed by atoms with Gasteiger partial charge in [0, 0.05) is 47.9 Å². The van der Waals surface area contributed by atoms with Crippen molar-refractivity contribution < 1.29 is 4.42 Å². The van der Waals surface area contributed by atoms with E-state index in [1.165, 1.54) is 31.3 Å². The lowest BCUT2D eigenvalue weighted by molar-refractivity contribution is 0.669. The van der Waals surface area contributed by atoms with E-state index >= 15 is 0 Å². The van der Waals surface area contributed by atoms with Crippen molar-refractivity contribution in [2.24, 2.45) is 0 Å². The van der Waals surface area contributed by atoms with Crippen molar-refractivity contribution in [2.45, 2.75) is 0 Å². The van der Waals surface area contributed by atoms with E-state index in [0.717, 1.165) is 61.3 Å². The Hall–Kier alpha value is -6.42. The first kappa shape index (κ1) is 29.5. The molecule has 0 amide bonds. The van der Waals surface area contributed by atoms with Gasteiger partial charge in [-0.1, -0.05) is 140 Å². The van der Waals surface area contributed by atoms with Crippen molar-refractivity contribution in [3.05, 3.63) is 188 Å². The topological polar surface area (TPSA) is 16.4 Å². The van der Waals surface area contributed by atoms with Crippen LogP contribution in [0.4, 0.5) is 17.1 Å². The van der Waals surface area contributed by atoms with Gasteiger partial charge in [0.25, 0.3) is 0 Å². The molecule has 0 atom stereocenters. The van der Waals surface area contributed by atoms with E-state index < -0.39 is 0 Å². The third kappa shape index (κ3) is 5.10. The fourth-order valence-electron chi connectivity index (χ4n) is 7.44. The molecule has 0 fully saturated rings. The standard InChI is InChI=1S/C48H31NOS/c1-4-14-32(15-5-1)35-28-36(33-16-6-2-7-17-33)30-38(29-35)49(37-24-25-42-41-21-11-13-23-45(41)51-46(42)31-37)47-39(34-18-8-3-9-19-34)26-27-43-40-20-10-12-22-44(40)50-48(43)47/h1-31H. The second kappa shape index (κ2) is 12.2. The minimum Gasteiger partial charge on any atom is -0.454 e. The van der Waals surface area contributed by atoms with E-state index in [-0.39, 0.29) is 0 Å². The predicted octanol–water partition coefficient (Wildman–Crippen LogP) is 14.4. The van der Waals surface area contributed by atoms with Crippen LogP contribution in [-0.2, 0) is 0 Å². The van der Waals surface area contributed by atoms with E-state index in [2.05, 4.69) is 187 Å². The van der Waals surface area contributed by atoms with Gasteiger partial charge in [0.2, 0.25) is 0 Å². The normalized spacial score (nSPS) is 11.5. The van der Waals surface area contributed by atoms with Crippen LogP contribution in [-0.4, -0.2) is 0 Å². The lowest BCUT2D eigenvalue weighted by Crippen LogP contribution is -2.12. The maximum Gasteiger partial charge on any atom is 0.160 e. The molecule has 10 rings (SSSR count). The molecule has 0 unspecified atom stereocenters. The predicted molar refractivity (Wildman–Crippen MR) is 218 cm³/mol. The molecule has 0 aliphatic carbocycles. The Balaban J connectivity index is 1.33. The lowest BCUT2D eigenvalue weighted by atomic mass is 9.95. The van der Waals surface area contributed by atoms with Crippen molar-refractivity contribution >= 4 is 70.5 Å².